The monoisotopic (exact) mass is 433 g/mol. The van der Waals surface area contributed by atoms with Crippen LogP contribution in [0.1, 0.15) is 34.7 Å². The summed E-state index contributed by atoms with van der Waals surface area (Å²) in [6.07, 6.45) is 0.765. The Morgan fingerprint density at radius 1 is 0.967 bits per heavy atom. The highest BCUT2D eigenvalue weighted by molar-refractivity contribution is 7.14. The molecule has 4 aromatic rings. The minimum atomic E-state index is -0.228. The molecule has 0 spiro atoms. The van der Waals surface area contributed by atoms with Crippen LogP contribution in [0.3, 0.4) is 0 Å². The zero-order chi connectivity index (χ0) is 20.7. The van der Waals surface area contributed by atoms with Gasteiger partial charge in [0.2, 0.25) is 5.13 Å². The standard InChI is InChI=1S/C24H20FN3S2/c1-15-3-4-18(11-16(15)2)22-14-30-24(26-22)28-23(17-5-7-20(25)8-6-17)12-21(27-28)19-9-10-29-13-19/h3-11,13-14,23H,12H2,1-2H3/t23-/m0/s1. The fourth-order valence-electron chi connectivity index (χ4n) is 3.64. The van der Waals surface area contributed by atoms with Gasteiger partial charge in [-0.25, -0.2) is 14.4 Å². The van der Waals surface area contributed by atoms with E-state index in [2.05, 4.69) is 54.3 Å². The first-order chi connectivity index (χ1) is 14.6. The quantitative estimate of drug-likeness (QED) is 0.347. The highest BCUT2D eigenvalue weighted by Crippen LogP contribution is 2.39. The van der Waals surface area contributed by atoms with E-state index in [9.17, 15) is 4.39 Å². The number of anilines is 1. The van der Waals surface area contributed by atoms with Gasteiger partial charge in [-0.15, -0.1) is 11.3 Å². The highest BCUT2D eigenvalue weighted by atomic mass is 32.1. The zero-order valence-corrected chi connectivity index (χ0v) is 18.3. The third kappa shape index (κ3) is 3.57. The van der Waals surface area contributed by atoms with Gasteiger partial charge < -0.3 is 0 Å². The maximum absolute atomic E-state index is 13.5. The molecule has 0 saturated carbocycles. The van der Waals surface area contributed by atoms with E-state index in [1.165, 1.54) is 23.3 Å². The SMILES string of the molecule is Cc1ccc(-c2csc(N3N=C(c4ccsc4)C[C@H]3c3ccc(F)cc3)n2)cc1C. The Bertz CT molecular complexity index is 1210. The molecule has 0 amide bonds. The normalized spacial score (nSPS) is 16.2. The number of hydrogen-bond acceptors (Lipinski definition) is 5. The van der Waals surface area contributed by atoms with Gasteiger partial charge >= 0.3 is 0 Å². The van der Waals surface area contributed by atoms with E-state index < -0.39 is 0 Å². The van der Waals surface area contributed by atoms with E-state index in [1.54, 1.807) is 22.7 Å². The summed E-state index contributed by atoms with van der Waals surface area (Å²) in [4.78, 5) is 4.91. The minimum absolute atomic E-state index is 0.000691. The third-order valence-electron chi connectivity index (χ3n) is 5.51. The summed E-state index contributed by atoms with van der Waals surface area (Å²) in [5, 5.41) is 14.0. The van der Waals surface area contributed by atoms with E-state index in [4.69, 9.17) is 10.1 Å². The van der Waals surface area contributed by atoms with Gasteiger partial charge in [0.05, 0.1) is 17.4 Å². The molecule has 2 aromatic carbocycles. The van der Waals surface area contributed by atoms with E-state index in [0.29, 0.717) is 0 Å². The molecular formula is C24H20FN3S2. The Hall–Kier alpha value is -2.83. The van der Waals surface area contributed by atoms with Gasteiger partial charge in [-0.1, -0.05) is 24.3 Å². The average molecular weight is 434 g/mol. The predicted molar refractivity (Wildman–Crippen MR) is 124 cm³/mol. The molecule has 5 rings (SSSR count). The van der Waals surface area contributed by atoms with Crippen LogP contribution in [-0.2, 0) is 0 Å². The molecule has 3 nitrogen and oxygen atoms in total. The molecule has 0 aliphatic carbocycles. The van der Waals surface area contributed by atoms with Gasteiger partial charge in [0, 0.05) is 22.9 Å². The van der Waals surface area contributed by atoms with Crippen molar-refractivity contribution in [2.75, 3.05) is 5.01 Å². The lowest BCUT2D eigenvalue weighted by Gasteiger charge is -2.21. The maximum atomic E-state index is 13.5. The average Bonchev–Trinajstić information content (AvgIpc) is 3.50. The van der Waals surface area contributed by atoms with E-state index >= 15 is 0 Å². The Morgan fingerprint density at radius 3 is 2.53 bits per heavy atom. The third-order valence-corrected chi connectivity index (χ3v) is 7.02. The fourth-order valence-corrected chi connectivity index (χ4v) is 5.14. The molecule has 0 radical (unpaired) electrons. The van der Waals surface area contributed by atoms with Crippen molar-refractivity contribution in [2.24, 2.45) is 5.10 Å². The van der Waals surface area contributed by atoms with Gasteiger partial charge in [0.1, 0.15) is 5.82 Å². The van der Waals surface area contributed by atoms with Gasteiger partial charge in [-0.05, 0) is 65.6 Å². The molecule has 1 atom stereocenters. The van der Waals surface area contributed by atoms with E-state index in [1.807, 2.05) is 17.1 Å². The van der Waals surface area contributed by atoms with Crippen molar-refractivity contribution in [3.05, 3.63) is 92.7 Å². The second-order valence-corrected chi connectivity index (χ2v) is 9.11. The van der Waals surface area contributed by atoms with Gasteiger partial charge in [-0.2, -0.15) is 16.4 Å². The molecule has 0 fully saturated rings. The lowest BCUT2D eigenvalue weighted by molar-refractivity contribution is 0.624. The van der Waals surface area contributed by atoms with Crippen LogP contribution in [0.5, 0.6) is 0 Å². The Kier molecular flexibility index (Phi) is 4.97. The Labute approximate surface area is 183 Å². The molecular weight excluding hydrogens is 413 g/mol. The summed E-state index contributed by atoms with van der Waals surface area (Å²) < 4.78 is 13.5. The number of nitrogens with zero attached hydrogens (tertiary/aromatic N) is 3. The number of halogens is 1. The molecule has 0 bridgehead atoms. The number of rotatable bonds is 4. The van der Waals surface area contributed by atoms with Crippen molar-refractivity contribution in [2.45, 2.75) is 26.3 Å². The van der Waals surface area contributed by atoms with Crippen LogP contribution in [0, 0.1) is 19.7 Å². The zero-order valence-electron chi connectivity index (χ0n) is 16.7. The van der Waals surface area contributed by atoms with Crippen LogP contribution in [0.2, 0.25) is 0 Å². The highest BCUT2D eigenvalue weighted by Gasteiger charge is 2.32. The summed E-state index contributed by atoms with van der Waals surface area (Å²) in [6.45, 7) is 4.23. The number of thiazole rings is 1. The second-order valence-electron chi connectivity index (χ2n) is 7.49. The molecule has 3 heterocycles. The first-order valence-corrected chi connectivity index (χ1v) is 11.6. The van der Waals surface area contributed by atoms with Crippen LogP contribution >= 0.6 is 22.7 Å². The summed E-state index contributed by atoms with van der Waals surface area (Å²) in [7, 11) is 0. The number of hydrogen-bond donors (Lipinski definition) is 0. The van der Waals surface area contributed by atoms with E-state index in [0.717, 1.165) is 39.6 Å². The van der Waals surface area contributed by atoms with Crippen LogP contribution in [0.4, 0.5) is 9.52 Å². The summed E-state index contributed by atoms with van der Waals surface area (Å²) in [5.74, 6) is -0.228. The van der Waals surface area contributed by atoms with Crippen molar-refractivity contribution in [3.63, 3.8) is 0 Å². The molecule has 2 aromatic heterocycles. The van der Waals surface area contributed by atoms with Crippen molar-refractivity contribution in [3.8, 4) is 11.3 Å². The van der Waals surface area contributed by atoms with Gasteiger partial charge in [0.15, 0.2) is 0 Å². The van der Waals surface area contributed by atoms with Crippen molar-refractivity contribution in [1.82, 2.24) is 4.98 Å². The first-order valence-electron chi connectivity index (χ1n) is 9.76. The number of benzene rings is 2. The molecule has 1 aliphatic heterocycles. The summed E-state index contributed by atoms with van der Waals surface area (Å²) in [5.41, 5.74) is 7.80. The van der Waals surface area contributed by atoms with Gasteiger partial charge in [-0.3, -0.25) is 0 Å². The Morgan fingerprint density at radius 2 is 1.80 bits per heavy atom. The predicted octanol–water partition coefficient (Wildman–Crippen LogP) is 6.98. The smallest absolute Gasteiger partial charge is 0.207 e. The first kappa shape index (κ1) is 19.2. The van der Waals surface area contributed by atoms with Crippen molar-refractivity contribution in [1.29, 1.82) is 0 Å². The molecule has 30 heavy (non-hydrogen) atoms. The maximum Gasteiger partial charge on any atom is 0.207 e. The molecule has 0 saturated heterocycles. The van der Waals surface area contributed by atoms with Gasteiger partial charge in [0.25, 0.3) is 0 Å². The van der Waals surface area contributed by atoms with E-state index in [-0.39, 0.29) is 11.9 Å². The van der Waals surface area contributed by atoms with Crippen LogP contribution < -0.4 is 5.01 Å². The van der Waals surface area contributed by atoms with Crippen molar-refractivity contribution < 1.29 is 4.39 Å². The largest absolute Gasteiger partial charge is 0.231 e. The second kappa shape index (κ2) is 7.78. The lowest BCUT2D eigenvalue weighted by Crippen LogP contribution is -2.18. The molecule has 0 unspecified atom stereocenters. The summed E-state index contributed by atoms with van der Waals surface area (Å²) >= 11 is 3.25. The topological polar surface area (TPSA) is 28.5 Å². The molecule has 1 aliphatic rings. The molecule has 0 N–H and O–H groups in total. The van der Waals surface area contributed by atoms with Crippen LogP contribution in [-0.4, -0.2) is 10.7 Å². The molecule has 150 valence electrons. The van der Waals surface area contributed by atoms with Crippen molar-refractivity contribution >= 4 is 33.5 Å². The number of aryl methyl sites for hydroxylation is 2. The number of hydrazone groups is 1. The van der Waals surface area contributed by atoms with Crippen LogP contribution in [0.15, 0.2) is 69.8 Å². The Balaban J connectivity index is 1.53. The number of thiophene rings is 1. The summed E-state index contributed by atoms with van der Waals surface area (Å²) in [6, 6.07) is 15.2. The molecule has 6 heteroatoms. The number of aromatic nitrogens is 1. The minimum Gasteiger partial charge on any atom is -0.231 e. The fraction of sp³-hybridized carbons (Fsp3) is 0.167. The lowest BCUT2D eigenvalue weighted by atomic mass is 10.00. The van der Waals surface area contributed by atoms with Crippen LogP contribution in [0.25, 0.3) is 11.3 Å².